The Labute approximate surface area is 271 Å². The number of nitriles is 2. The zero-order valence-electron chi connectivity index (χ0n) is 24.8. The first-order valence-electron chi connectivity index (χ1n) is 14.7. The maximum atomic E-state index is 10.8. The van der Waals surface area contributed by atoms with E-state index in [-0.39, 0.29) is 0 Å². The molecule has 8 heteroatoms. The SMILES string of the molecule is Cc1ccccc1-c1[nH]/c(=C(/C#N)c2nc3ccccc3s2)c2c(-c3ccccc3C)[nH]/c(=C(/C#N)c3nc4ccccc4s3)c12. The van der Waals surface area contributed by atoms with Gasteiger partial charge in [-0.1, -0.05) is 72.8 Å². The molecule has 2 N–H and O–H groups in total. The van der Waals surface area contributed by atoms with Gasteiger partial charge < -0.3 is 9.97 Å². The van der Waals surface area contributed by atoms with E-state index >= 15 is 0 Å². The molecule has 0 saturated heterocycles. The summed E-state index contributed by atoms with van der Waals surface area (Å²) in [6, 6.07) is 37.2. The number of rotatable bonds is 4. The Morgan fingerprint density at radius 3 is 1.35 bits per heavy atom. The minimum absolute atomic E-state index is 0.449. The van der Waals surface area contributed by atoms with Crippen molar-refractivity contribution in [2.24, 2.45) is 0 Å². The molecular formula is C38H24N6S2. The summed E-state index contributed by atoms with van der Waals surface area (Å²) in [7, 11) is 0. The van der Waals surface area contributed by atoms with Crippen molar-refractivity contribution in [1.82, 2.24) is 19.9 Å². The van der Waals surface area contributed by atoms with Crippen molar-refractivity contribution in [3.05, 3.63) is 129 Å². The maximum Gasteiger partial charge on any atom is 0.137 e. The molecule has 0 saturated carbocycles. The number of aromatic amines is 2. The number of aromatic nitrogens is 4. The number of aryl methyl sites for hydroxylation is 2. The molecule has 0 atom stereocenters. The van der Waals surface area contributed by atoms with Gasteiger partial charge >= 0.3 is 0 Å². The molecule has 0 fully saturated rings. The highest BCUT2D eigenvalue weighted by Crippen LogP contribution is 2.35. The van der Waals surface area contributed by atoms with Crippen LogP contribution in [0.4, 0.5) is 0 Å². The molecule has 0 aliphatic rings. The number of fused-ring (bicyclic) bond motifs is 3. The van der Waals surface area contributed by atoms with Crippen molar-refractivity contribution in [1.29, 1.82) is 10.5 Å². The van der Waals surface area contributed by atoms with Gasteiger partial charge in [0.2, 0.25) is 0 Å². The van der Waals surface area contributed by atoms with Crippen LogP contribution in [0.2, 0.25) is 0 Å². The standard InChI is InChI=1S/C38H24N6S2/c1-21-11-3-5-13-23(21)33-31-32(36(43-33)26(20-40)38-42-28-16-8-10-18-30(28)46-38)34(24-14-6-4-12-22(24)2)44-35(31)25(19-39)37-41-27-15-7-9-17-29(27)45-37/h3-18,43-44H,1-2H3/b35-25-,36-26-. The third kappa shape index (κ3) is 4.35. The molecule has 0 bridgehead atoms. The molecule has 0 radical (unpaired) electrons. The molecule has 0 spiro atoms. The van der Waals surface area contributed by atoms with Crippen LogP contribution in [-0.4, -0.2) is 19.9 Å². The number of H-pyrrole nitrogens is 2. The van der Waals surface area contributed by atoms with Crippen molar-refractivity contribution in [3.63, 3.8) is 0 Å². The molecule has 4 aromatic heterocycles. The Morgan fingerprint density at radius 1 is 0.565 bits per heavy atom. The summed E-state index contributed by atoms with van der Waals surface area (Å²) in [5.74, 6) is 0. The first-order chi connectivity index (χ1) is 22.6. The molecule has 218 valence electrons. The van der Waals surface area contributed by atoms with E-state index in [4.69, 9.17) is 9.97 Å². The van der Waals surface area contributed by atoms with Crippen LogP contribution < -0.4 is 10.7 Å². The summed E-state index contributed by atoms with van der Waals surface area (Å²) in [5.41, 5.74) is 8.36. The molecule has 4 aromatic carbocycles. The lowest BCUT2D eigenvalue weighted by Crippen LogP contribution is -2.11. The van der Waals surface area contributed by atoms with Crippen molar-refractivity contribution in [3.8, 4) is 34.7 Å². The number of nitrogens with zero attached hydrogens (tertiary/aromatic N) is 4. The molecule has 4 heterocycles. The van der Waals surface area contributed by atoms with Crippen molar-refractivity contribution >= 4 is 65.0 Å². The Kier molecular flexibility index (Phi) is 6.61. The van der Waals surface area contributed by atoms with Crippen LogP contribution in [0.25, 0.3) is 64.9 Å². The van der Waals surface area contributed by atoms with E-state index in [0.717, 1.165) is 64.8 Å². The normalized spacial score (nSPS) is 12.8. The van der Waals surface area contributed by atoms with Gasteiger partial charge in [0.1, 0.15) is 33.3 Å². The average Bonchev–Trinajstić information content (AvgIpc) is 3.86. The molecule has 0 aliphatic carbocycles. The van der Waals surface area contributed by atoms with E-state index in [9.17, 15) is 10.5 Å². The Bertz CT molecular complexity index is 2450. The average molecular weight is 629 g/mol. The zero-order valence-corrected chi connectivity index (χ0v) is 26.5. The summed E-state index contributed by atoms with van der Waals surface area (Å²) < 4.78 is 2.02. The molecule has 46 heavy (non-hydrogen) atoms. The van der Waals surface area contributed by atoms with Crippen molar-refractivity contribution < 1.29 is 0 Å². The van der Waals surface area contributed by atoms with E-state index in [1.165, 1.54) is 22.7 Å². The minimum Gasteiger partial charge on any atom is -0.353 e. The number of nitrogens with one attached hydrogen (secondary N) is 2. The summed E-state index contributed by atoms with van der Waals surface area (Å²) in [4.78, 5) is 17.1. The van der Waals surface area contributed by atoms with Crippen LogP contribution in [0.1, 0.15) is 21.1 Å². The Hall–Kier alpha value is -5.80. The third-order valence-electron chi connectivity index (χ3n) is 8.32. The fraction of sp³-hybridized carbons (Fsp3) is 0.0526. The monoisotopic (exact) mass is 628 g/mol. The molecule has 6 nitrogen and oxygen atoms in total. The maximum absolute atomic E-state index is 10.8. The van der Waals surface area contributed by atoms with Crippen molar-refractivity contribution in [2.45, 2.75) is 13.8 Å². The second-order valence-corrected chi connectivity index (χ2v) is 13.1. The number of hydrogen-bond donors (Lipinski definition) is 2. The highest BCUT2D eigenvalue weighted by Gasteiger charge is 2.24. The van der Waals surface area contributed by atoms with Crippen LogP contribution in [0.3, 0.4) is 0 Å². The number of benzene rings is 4. The van der Waals surface area contributed by atoms with E-state index in [1.807, 2.05) is 72.8 Å². The first-order valence-corrected chi connectivity index (χ1v) is 16.4. The first kappa shape index (κ1) is 27.7. The smallest absolute Gasteiger partial charge is 0.137 e. The van der Waals surface area contributed by atoms with Gasteiger partial charge in [-0.25, -0.2) is 9.97 Å². The van der Waals surface area contributed by atoms with Gasteiger partial charge in [0.15, 0.2) is 0 Å². The van der Waals surface area contributed by atoms with Crippen LogP contribution >= 0.6 is 22.7 Å². The molecule has 8 aromatic rings. The predicted molar refractivity (Wildman–Crippen MR) is 188 cm³/mol. The van der Waals surface area contributed by atoms with Gasteiger partial charge in [0, 0.05) is 21.9 Å². The minimum atomic E-state index is 0.449. The second-order valence-electron chi connectivity index (χ2n) is 11.1. The lowest BCUT2D eigenvalue weighted by atomic mass is 10.0. The van der Waals surface area contributed by atoms with Gasteiger partial charge in [0.25, 0.3) is 0 Å². The molecule has 8 rings (SSSR count). The van der Waals surface area contributed by atoms with Gasteiger partial charge in [-0.05, 0) is 49.2 Å². The highest BCUT2D eigenvalue weighted by molar-refractivity contribution is 7.20. The van der Waals surface area contributed by atoms with E-state index in [2.05, 4.69) is 60.2 Å². The lowest BCUT2D eigenvalue weighted by molar-refractivity contribution is 1.26. The Balaban J connectivity index is 1.61. The van der Waals surface area contributed by atoms with Gasteiger partial charge in [-0.3, -0.25) is 0 Å². The van der Waals surface area contributed by atoms with Crippen LogP contribution in [0, 0.1) is 36.5 Å². The molecular weight excluding hydrogens is 605 g/mol. The quantitative estimate of drug-likeness (QED) is 0.205. The number of hydrogen-bond acceptors (Lipinski definition) is 6. The van der Waals surface area contributed by atoms with E-state index in [0.29, 0.717) is 31.9 Å². The summed E-state index contributed by atoms with van der Waals surface area (Å²) in [6.45, 7) is 4.14. The van der Waals surface area contributed by atoms with Crippen molar-refractivity contribution in [2.75, 3.05) is 0 Å². The van der Waals surface area contributed by atoms with Gasteiger partial charge in [0.05, 0.1) is 42.5 Å². The zero-order chi connectivity index (χ0) is 31.4. The lowest BCUT2D eigenvalue weighted by Gasteiger charge is -2.04. The highest BCUT2D eigenvalue weighted by atomic mass is 32.1. The molecule has 0 unspecified atom stereocenters. The second kappa shape index (κ2) is 11.0. The van der Waals surface area contributed by atoms with Gasteiger partial charge in [-0.15, -0.1) is 22.7 Å². The van der Waals surface area contributed by atoms with Crippen LogP contribution in [0.15, 0.2) is 97.1 Å². The topological polar surface area (TPSA) is 105 Å². The predicted octanol–water partition coefficient (Wildman–Crippen LogP) is 8.11. The Morgan fingerprint density at radius 2 is 0.957 bits per heavy atom. The van der Waals surface area contributed by atoms with E-state index in [1.54, 1.807) is 0 Å². The van der Waals surface area contributed by atoms with E-state index < -0.39 is 0 Å². The fourth-order valence-electron chi connectivity index (χ4n) is 6.12. The number of para-hydroxylation sites is 2. The molecule has 0 amide bonds. The fourth-order valence-corrected chi connectivity index (χ4v) is 8.05. The summed E-state index contributed by atoms with van der Waals surface area (Å²) in [5, 5.41) is 25.8. The van der Waals surface area contributed by atoms with Crippen LogP contribution in [-0.2, 0) is 0 Å². The number of thiazole rings is 2. The summed E-state index contributed by atoms with van der Waals surface area (Å²) in [6.07, 6.45) is 0. The van der Waals surface area contributed by atoms with Crippen LogP contribution in [0.5, 0.6) is 0 Å². The van der Waals surface area contributed by atoms with Gasteiger partial charge in [-0.2, -0.15) is 10.5 Å². The largest absolute Gasteiger partial charge is 0.353 e. The summed E-state index contributed by atoms with van der Waals surface area (Å²) >= 11 is 2.99. The molecule has 0 aliphatic heterocycles. The third-order valence-corrected chi connectivity index (χ3v) is 10.4.